The number of nitrogens with one attached hydrogen (secondary N) is 1. The van der Waals surface area contributed by atoms with Crippen molar-refractivity contribution in [1.29, 1.82) is 5.16 Å². The van der Waals surface area contributed by atoms with Crippen LogP contribution < -0.4 is 10.6 Å². The van der Waals surface area contributed by atoms with Crippen molar-refractivity contribution in [3.8, 4) is 0 Å². The Balaban J connectivity index is 1.60. The fraction of sp³-hybridized carbons (Fsp3) is 0.571. The summed E-state index contributed by atoms with van der Waals surface area (Å²) in [6.07, 6.45) is 20.4. The van der Waals surface area contributed by atoms with E-state index in [2.05, 4.69) is 67.6 Å². The van der Waals surface area contributed by atoms with E-state index in [0.717, 1.165) is 6.16 Å². The lowest BCUT2D eigenvalue weighted by Gasteiger charge is -2.23. The van der Waals surface area contributed by atoms with Gasteiger partial charge in [0, 0.05) is 7.05 Å². The summed E-state index contributed by atoms with van der Waals surface area (Å²) in [7, 11) is -2.01. The lowest BCUT2D eigenvalue weighted by atomic mass is 10.0. The molecule has 0 atom stereocenters. The molecule has 0 fully saturated rings. The van der Waals surface area contributed by atoms with Gasteiger partial charge >= 0.3 is 0 Å². The molecule has 2 aromatic carbocycles. The Morgan fingerprint density at radius 1 is 0.500 bits per heavy atom. The van der Waals surface area contributed by atoms with E-state index in [0.29, 0.717) is 0 Å². The van der Waals surface area contributed by atoms with E-state index in [-0.39, 0.29) is 0 Å². The molecule has 0 aliphatic carbocycles. The van der Waals surface area contributed by atoms with Crippen molar-refractivity contribution in [2.24, 2.45) is 0 Å². The molecule has 1 N–H and O–H groups in total. The first kappa shape index (κ1) is 24.9. The van der Waals surface area contributed by atoms with Crippen LogP contribution in [-0.4, -0.2) is 6.16 Å². The molecule has 1 nitrogen and oxygen atoms in total. The van der Waals surface area contributed by atoms with Crippen molar-refractivity contribution in [1.82, 2.24) is 0 Å². The highest BCUT2D eigenvalue weighted by atomic mass is 31.2. The molecule has 0 aromatic heterocycles. The third-order valence-electron chi connectivity index (χ3n) is 6.24. The SMILES string of the molecule is CCCCCCCCCCCCCCCCP(=N)(c1ccccc1)c1ccccc1. The molecule has 0 aliphatic rings. The summed E-state index contributed by atoms with van der Waals surface area (Å²) >= 11 is 0. The van der Waals surface area contributed by atoms with E-state index < -0.39 is 7.05 Å². The van der Waals surface area contributed by atoms with Gasteiger partial charge in [0.25, 0.3) is 0 Å². The molecule has 0 aliphatic heterocycles. The van der Waals surface area contributed by atoms with Gasteiger partial charge in [-0.05, 0) is 23.2 Å². The van der Waals surface area contributed by atoms with Gasteiger partial charge in [-0.15, -0.1) is 0 Å². The highest BCUT2D eigenvalue weighted by Crippen LogP contribution is 2.45. The molecule has 2 heteroatoms. The quantitative estimate of drug-likeness (QED) is 0.193. The number of unbranched alkanes of at least 4 members (excludes halogenated alkanes) is 13. The largest absolute Gasteiger partial charge is 0.309 e. The van der Waals surface area contributed by atoms with E-state index in [1.807, 2.05) is 0 Å². The summed E-state index contributed by atoms with van der Waals surface area (Å²) < 4.78 is 0. The molecule has 30 heavy (non-hydrogen) atoms. The molecule has 2 rings (SSSR count). The second kappa shape index (κ2) is 15.5. The van der Waals surface area contributed by atoms with E-state index in [1.165, 1.54) is 101 Å². The number of hydrogen-bond donors (Lipinski definition) is 1. The molecule has 0 saturated heterocycles. The Morgan fingerprint density at radius 3 is 1.20 bits per heavy atom. The molecular formula is C28H44NP. The Kier molecular flexibility index (Phi) is 12.9. The molecule has 0 unspecified atom stereocenters. The Bertz CT molecular complexity index is 652. The molecule has 2 aromatic rings. The maximum absolute atomic E-state index is 9.38. The molecule has 0 spiro atoms. The van der Waals surface area contributed by atoms with Gasteiger partial charge in [-0.25, -0.2) is 0 Å². The minimum atomic E-state index is -2.01. The average Bonchev–Trinajstić information content (AvgIpc) is 2.80. The Hall–Kier alpha value is -1.33. The van der Waals surface area contributed by atoms with Crippen LogP contribution >= 0.6 is 7.05 Å². The predicted molar refractivity (Wildman–Crippen MR) is 137 cm³/mol. The molecular weight excluding hydrogens is 381 g/mol. The third-order valence-corrected chi connectivity index (χ3v) is 9.59. The zero-order chi connectivity index (χ0) is 21.3. The van der Waals surface area contributed by atoms with Gasteiger partial charge in [0.05, 0.1) is 0 Å². The van der Waals surface area contributed by atoms with Crippen LogP contribution in [0, 0.1) is 5.16 Å². The van der Waals surface area contributed by atoms with Crippen molar-refractivity contribution < 1.29 is 0 Å². The average molecular weight is 426 g/mol. The van der Waals surface area contributed by atoms with Crippen LogP contribution in [0.3, 0.4) is 0 Å². The van der Waals surface area contributed by atoms with E-state index >= 15 is 0 Å². The van der Waals surface area contributed by atoms with Crippen molar-refractivity contribution in [3.05, 3.63) is 60.7 Å². The van der Waals surface area contributed by atoms with Gasteiger partial charge in [0.1, 0.15) is 0 Å². The van der Waals surface area contributed by atoms with Gasteiger partial charge in [-0.3, -0.25) is 0 Å². The van der Waals surface area contributed by atoms with Gasteiger partial charge in [0.2, 0.25) is 0 Å². The smallest absolute Gasteiger partial charge is 0.0237 e. The zero-order valence-corrected chi connectivity index (χ0v) is 20.2. The van der Waals surface area contributed by atoms with E-state index in [1.54, 1.807) is 0 Å². The molecule has 0 heterocycles. The minimum Gasteiger partial charge on any atom is -0.309 e. The van der Waals surface area contributed by atoms with Crippen molar-refractivity contribution >= 4 is 17.7 Å². The Labute approximate surface area is 186 Å². The van der Waals surface area contributed by atoms with E-state index in [9.17, 15) is 5.16 Å². The second-order valence-corrected chi connectivity index (χ2v) is 11.9. The number of hydrogen-bond acceptors (Lipinski definition) is 1. The van der Waals surface area contributed by atoms with Crippen LogP contribution in [0.2, 0.25) is 0 Å². The first-order chi connectivity index (χ1) is 14.8. The Morgan fingerprint density at radius 2 is 0.833 bits per heavy atom. The number of rotatable bonds is 17. The van der Waals surface area contributed by atoms with Gasteiger partial charge < -0.3 is 5.16 Å². The normalized spacial score (nSPS) is 11.6. The van der Waals surface area contributed by atoms with Crippen LogP contribution in [0.5, 0.6) is 0 Å². The first-order valence-corrected chi connectivity index (χ1v) is 14.5. The second-order valence-electron chi connectivity index (χ2n) is 8.80. The standard InChI is InChI=1S/C28H44NP/c1-2-3-4-5-6-7-8-9-10-11-12-13-14-21-26-30(29,27-22-17-15-18-23-27)28-24-19-16-20-25-28/h15-20,22-25,29H,2-14,21,26H2,1H3. The van der Waals surface area contributed by atoms with Crippen LogP contribution in [0.4, 0.5) is 0 Å². The lowest BCUT2D eigenvalue weighted by molar-refractivity contribution is 0.538. The summed E-state index contributed by atoms with van der Waals surface area (Å²) in [6, 6.07) is 21.1. The van der Waals surface area contributed by atoms with Crippen molar-refractivity contribution in [2.75, 3.05) is 6.16 Å². The first-order valence-electron chi connectivity index (χ1n) is 12.5. The zero-order valence-electron chi connectivity index (χ0n) is 19.3. The highest BCUT2D eigenvalue weighted by molar-refractivity contribution is 7.79. The summed E-state index contributed by atoms with van der Waals surface area (Å²) in [6.45, 7) is 2.29. The summed E-state index contributed by atoms with van der Waals surface area (Å²) in [5.41, 5.74) is 0. The number of benzene rings is 2. The summed E-state index contributed by atoms with van der Waals surface area (Å²) in [5.74, 6) is 0. The fourth-order valence-corrected chi connectivity index (χ4v) is 7.19. The van der Waals surface area contributed by atoms with Gasteiger partial charge in [-0.2, -0.15) is 0 Å². The molecule has 0 amide bonds. The molecule has 0 radical (unpaired) electrons. The minimum absolute atomic E-state index is 1.01. The highest BCUT2D eigenvalue weighted by Gasteiger charge is 2.21. The maximum atomic E-state index is 9.38. The lowest BCUT2D eigenvalue weighted by Crippen LogP contribution is -2.18. The van der Waals surface area contributed by atoms with Crippen LogP contribution in [0.1, 0.15) is 96.8 Å². The summed E-state index contributed by atoms with van der Waals surface area (Å²) in [4.78, 5) is 0. The third kappa shape index (κ3) is 9.22. The van der Waals surface area contributed by atoms with Gasteiger partial charge in [-0.1, -0.05) is 151 Å². The predicted octanol–water partition coefficient (Wildman–Crippen LogP) is 8.90. The van der Waals surface area contributed by atoms with Gasteiger partial charge in [0.15, 0.2) is 0 Å². The van der Waals surface area contributed by atoms with Crippen LogP contribution in [0.15, 0.2) is 60.7 Å². The van der Waals surface area contributed by atoms with Crippen molar-refractivity contribution in [3.63, 3.8) is 0 Å². The maximum Gasteiger partial charge on any atom is 0.0237 e. The summed E-state index contributed by atoms with van der Waals surface area (Å²) in [5, 5.41) is 11.8. The fourth-order valence-electron chi connectivity index (χ4n) is 4.32. The topological polar surface area (TPSA) is 23.9 Å². The molecule has 166 valence electrons. The molecule has 0 bridgehead atoms. The van der Waals surface area contributed by atoms with Crippen LogP contribution in [0.25, 0.3) is 0 Å². The molecule has 0 saturated carbocycles. The monoisotopic (exact) mass is 425 g/mol. The van der Waals surface area contributed by atoms with Crippen LogP contribution in [-0.2, 0) is 0 Å². The van der Waals surface area contributed by atoms with Crippen molar-refractivity contribution in [2.45, 2.75) is 96.8 Å². The van der Waals surface area contributed by atoms with E-state index in [4.69, 9.17) is 0 Å².